The van der Waals surface area contributed by atoms with Crippen LogP contribution in [0.15, 0.2) is 0 Å². The first-order valence-corrected chi connectivity index (χ1v) is 11.9. The number of unbranched alkanes of at least 4 members (excludes halogenated alkanes) is 3. The van der Waals surface area contributed by atoms with Gasteiger partial charge in [0.25, 0.3) is 20.2 Å². The van der Waals surface area contributed by atoms with Gasteiger partial charge in [-0.2, -0.15) is 16.8 Å². The quantitative estimate of drug-likeness (QED) is 0.283. The zero-order chi connectivity index (χ0) is 18.3. The van der Waals surface area contributed by atoms with E-state index in [1.807, 2.05) is 6.92 Å². The van der Waals surface area contributed by atoms with Crippen LogP contribution in [-0.4, -0.2) is 54.6 Å². The van der Waals surface area contributed by atoms with Gasteiger partial charge in [0.2, 0.25) is 0 Å². The molecule has 0 amide bonds. The maximum absolute atomic E-state index is 11.3. The molecule has 0 atom stereocenters. The molecule has 0 radical (unpaired) electrons. The van der Waals surface area contributed by atoms with Gasteiger partial charge < -0.3 is 5.32 Å². The van der Waals surface area contributed by atoms with Crippen LogP contribution in [0.4, 0.5) is 0 Å². The Labute approximate surface area is 159 Å². The van der Waals surface area contributed by atoms with Crippen LogP contribution in [0.5, 0.6) is 0 Å². The Morgan fingerprint density at radius 3 is 1.64 bits per heavy atom. The molecule has 0 aromatic rings. The summed E-state index contributed by atoms with van der Waals surface area (Å²) >= 11 is 0. The molecule has 0 aromatic heterocycles. The van der Waals surface area contributed by atoms with Crippen molar-refractivity contribution in [2.75, 3.05) is 37.8 Å². The molecule has 7 nitrogen and oxygen atoms in total. The molecular formula is C15H34ClNO6S2. The minimum absolute atomic E-state index is 0. The largest absolute Gasteiger partial charge is 0.317 e. The number of rotatable bonds is 17. The van der Waals surface area contributed by atoms with E-state index in [0.717, 1.165) is 38.8 Å². The number of hydrogen-bond acceptors (Lipinski definition) is 7. The SMILES string of the molecule is CCCS(=O)(=O)OCCCCCCNCCCOS(=O)(=O)CCC.Cl. The summed E-state index contributed by atoms with van der Waals surface area (Å²) in [7, 11) is -6.66. The number of hydrogen-bond donors (Lipinski definition) is 1. The summed E-state index contributed by atoms with van der Waals surface area (Å²) in [6.07, 6.45) is 5.47. The lowest BCUT2D eigenvalue weighted by atomic mass is 10.2. The average Bonchev–Trinajstić information content (AvgIpc) is 2.48. The minimum Gasteiger partial charge on any atom is -0.317 e. The highest BCUT2D eigenvalue weighted by Gasteiger charge is 2.09. The van der Waals surface area contributed by atoms with Gasteiger partial charge in [0.05, 0.1) is 24.7 Å². The van der Waals surface area contributed by atoms with Crippen molar-refractivity contribution in [3.05, 3.63) is 0 Å². The van der Waals surface area contributed by atoms with Crippen molar-refractivity contribution < 1.29 is 25.2 Å². The Kier molecular flexibility index (Phi) is 17.7. The van der Waals surface area contributed by atoms with E-state index in [0.29, 0.717) is 19.3 Å². The van der Waals surface area contributed by atoms with E-state index in [4.69, 9.17) is 8.37 Å². The normalized spacial score (nSPS) is 12.1. The van der Waals surface area contributed by atoms with Crippen LogP contribution < -0.4 is 5.32 Å². The van der Waals surface area contributed by atoms with Crippen molar-refractivity contribution >= 4 is 32.6 Å². The third kappa shape index (κ3) is 18.7. The third-order valence-corrected chi connectivity index (χ3v) is 6.05. The summed E-state index contributed by atoms with van der Waals surface area (Å²) in [5.41, 5.74) is 0. The molecule has 0 aliphatic rings. The van der Waals surface area contributed by atoms with E-state index in [1.54, 1.807) is 6.92 Å². The second-order valence-electron chi connectivity index (χ2n) is 5.69. The Balaban J connectivity index is 0. The van der Waals surface area contributed by atoms with E-state index in [9.17, 15) is 16.8 Å². The van der Waals surface area contributed by atoms with Crippen molar-refractivity contribution in [2.24, 2.45) is 0 Å². The monoisotopic (exact) mass is 423 g/mol. The van der Waals surface area contributed by atoms with Gasteiger partial charge in [-0.05, 0) is 45.2 Å². The maximum atomic E-state index is 11.3. The molecule has 10 heteroatoms. The lowest BCUT2D eigenvalue weighted by Gasteiger charge is -2.06. The van der Waals surface area contributed by atoms with Crippen molar-refractivity contribution in [1.82, 2.24) is 5.32 Å². The lowest BCUT2D eigenvalue weighted by Crippen LogP contribution is -2.19. The molecule has 0 rings (SSSR count). The minimum atomic E-state index is -3.34. The highest BCUT2D eigenvalue weighted by atomic mass is 35.5. The van der Waals surface area contributed by atoms with Gasteiger partial charge in [-0.25, -0.2) is 0 Å². The molecule has 0 unspecified atom stereocenters. The zero-order valence-electron chi connectivity index (χ0n) is 15.4. The van der Waals surface area contributed by atoms with Crippen LogP contribution in [0.1, 0.15) is 58.8 Å². The van der Waals surface area contributed by atoms with Gasteiger partial charge in [-0.1, -0.05) is 26.7 Å². The standard InChI is InChI=1S/C15H33NO6S2.ClH/c1-3-14-23(17,18)21-12-8-6-5-7-10-16-11-9-13-22-24(19,20)15-4-2;/h16H,3-15H2,1-2H3;1H. The first-order chi connectivity index (χ1) is 11.3. The molecule has 0 aromatic carbocycles. The van der Waals surface area contributed by atoms with Gasteiger partial charge in [-0.3, -0.25) is 8.37 Å². The van der Waals surface area contributed by atoms with E-state index < -0.39 is 20.2 Å². The van der Waals surface area contributed by atoms with Crippen molar-refractivity contribution in [3.8, 4) is 0 Å². The second kappa shape index (κ2) is 16.3. The van der Waals surface area contributed by atoms with Crippen LogP contribution in [0.2, 0.25) is 0 Å². The highest BCUT2D eigenvalue weighted by Crippen LogP contribution is 2.03. The summed E-state index contributed by atoms with van der Waals surface area (Å²) in [5, 5.41) is 3.23. The van der Waals surface area contributed by atoms with Crippen molar-refractivity contribution in [1.29, 1.82) is 0 Å². The first-order valence-electron chi connectivity index (χ1n) is 8.78. The number of halogens is 1. The molecule has 0 heterocycles. The lowest BCUT2D eigenvalue weighted by molar-refractivity contribution is 0.304. The van der Waals surface area contributed by atoms with Crippen LogP contribution in [0.3, 0.4) is 0 Å². The molecule has 25 heavy (non-hydrogen) atoms. The van der Waals surface area contributed by atoms with Crippen LogP contribution in [0.25, 0.3) is 0 Å². The van der Waals surface area contributed by atoms with Gasteiger partial charge in [-0.15, -0.1) is 12.4 Å². The fourth-order valence-corrected chi connectivity index (χ4v) is 4.00. The highest BCUT2D eigenvalue weighted by molar-refractivity contribution is 7.86. The summed E-state index contributed by atoms with van der Waals surface area (Å²) in [4.78, 5) is 0. The predicted octanol–water partition coefficient (Wildman–Crippen LogP) is 2.46. The van der Waals surface area contributed by atoms with Crippen LogP contribution in [-0.2, 0) is 28.6 Å². The Bertz CT molecular complexity index is 450. The van der Waals surface area contributed by atoms with Crippen LogP contribution >= 0.6 is 12.4 Å². The van der Waals surface area contributed by atoms with Crippen molar-refractivity contribution in [3.63, 3.8) is 0 Å². The summed E-state index contributed by atoms with van der Waals surface area (Å²) in [5.74, 6) is 0.157. The molecule has 0 aliphatic heterocycles. The van der Waals surface area contributed by atoms with Gasteiger partial charge in [0.1, 0.15) is 0 Å². The Hall–Kier alpha value is 0.0700. The molecule has 154 valence electrons. The summed E-state index contributed by atoms with van der Waals surface area (Å²) in [6, 6.07) is 0. The van der Waals surface area contributed by atoms with E-state index in [-0.39, 0.29) is 37.1 Å². The summed E-state index contributed by atoms with van der Waals surface area (Å²) in [6.45, 7) is 5.68. The van der Waals surface area contributed by atoms with E-state index in [2.05, 4.69) is 5.32 Å². The Morgan fingerprint density at radius 1 is 0.680 bits per heavy atom. The molecule has 0 fully saturated rings. The van der Waals surface area contributed by atoms with Crippen LogP contribution in [0, 0.1) is 0 Å². The maximum Gasteiger partial charge on any atom is 0.267 e. The average molecular weight is 424 g/mol. The third-order valence-electron chi connectivity index (χ3n) is 3.18. The Morgan fingerprint density at radius 2 is 1.12 bits per heavy atom. The molecule has 0 aliphatic carbocycles. The first kappa shape index (κ1) is 27.3. The van der Waals surface area contributed by atoms with E-state index >= 15 is 0 Å². The van der Waals surface area contributed by atoms with Gasteiger partial charge in [0.15, 0.2) is 0 Å². The molecule has 1 N–H and O–H groups in total. The topological polar surface area (TPSA) is 98.8 Å². The second-order valence-corrected chi connectivity index (χ2v) is 9.20. The van der Waals surface area contributed by atoms with E-state index in [1.165, 1.54) is 0 Å². The molecule has 0 spiro atoms. The van der Waals surface area contributed by atoms with Crippen molar-refractivity contribution in [2.45, 2.75) is 58.8 Å². The molecular weight excluding hydrogens is 390 g/mol. The zero-order valence-corrected chi connectivity index (χ0v) is 17.8. The molecule has 0 saturated heterocycles. The fraction of sp³-hybridized carbons (Fsp3) is 1.00. The summed E-state index contributed by atoms with van der Waals surface area (Å²) < 4.78 is 55.0. The smallest absolute Gasteiger partial charge is 0.267 e. The fourth-order valence-electron chi connectivity index (χ4n) is 2.02. The number of nitrogens with one attached hydrogen (secondary N) is 1. The molecule has 0 saturated carbocycles. The predicted molar refractivity (Wildman–Crippen MR) is 103 cm³/mol. The van der Waals surface area contributed by atoms with Gasteiger partial charge >= 0.3 is 0 Å². The molecule has 0 bridgehead atoms. The van der Waals surface area contributed by atoms with Gasteiger partial charge in [0, 0.05) is 0 Å².